The lowest BCUT2D eigenvalue weighted by Gasteiger charge is -2.09. The van der Waals surface area contributed by atoms with Crippen LogP contribution < -0.4 is 4.72 Å². The van der Waals surface area contributed by atoms with Gasteiger partial charge < -0.3 is 0 Å². The van der Waals surface area contributed by atoms with Gasteiger partial charge >= 0.3 is 6.18 Å². The van der Waals surface area contributed by atoms with Gasteiger partial charge in [-0.05, 0) is 54.1 Å². The largest absolute Gasteiger partial charge is 0.416 e. The zero-order valence-electron chi connectivity index (χ0n) is 18.1. The van der Waals surface area contributed by atoms with Crippen LogP contribution in [0.3, 0.4) is 0 Å². The van der Waals surface area contributed by atoms with E-state index < -0.39 is 27.7 Å². The van der Waals surface area contributed by atoms with Gasteiger partial charge in [0.1, 0.15) is 0 Å². The predicted molar refractivity (Wildman–Crippen MR) is 131 cm³/mol. The summed E-state index contributed by atoms with van der Waals surface area (Å²) in [4.78, 5) is 12.2. The van der Waals surface area contributed by atoms with E-state index in [4.69, 9.17) is 23.2 Å². The fraction of sp³-hybridized carbons (Fsp3) is 0.0833. The fourth-order valence-corrected chi connectivity index (χ4v) is 4.84. The number of alkyl halides is 3. The molecule has 0 spiro atoms. The number of carbonyl (C=O) groups excluding carboxylic acids is 1. The molecule has 36 heavy (non-hydrogen) atoms. The molecule has 0 saturated heterocycles. The summed E-state index contributed by atoms with van der Waals surface area (Å²) >= 11 is 12.2. The number of amides is 1. The molecule has 0 saturated carbocycles. The number of benzene rings is 3. The molecule has 12 heteroatoms. The molecular formula is C24H16Cl2F3N3O3S. The second-order valence-electron chi connectivity index (χ2n) is 7.62. The van der Waals surface area contributed by atoms with Crippen LogP contribution in [-0.4, -0.2) is 24.1 Å². The number of aromatic nitrogens is 2. The summed E-state index contributed by atoms with van der Waals surface area (Å²) in [6, 6.07) is 15.1. The van der Waals surface area contributed by atoms with Crippen molar-refractivity contribution >= 4 is 56.1 Å². The average molecular weight is 554 g/mol. The first-order chi connectivity index (χ1) is 16.9. The molecule has 3 aromatic carbocycles. The van der Waals surface area contributed by atoms with Crippen LogP contribution in [-0.2, 0) is 27.5 Å². The Hall–Kier alpha value is -3.34. The molecule has 186 valence electrons. The Kier molecular flexibility index (Phi) is 7.12. The number of nitrogens with one attached hydrogen (secondary N) is 1. The molecule has 1 aromatic heterocycles. The van der Waals surface area contributed by atoms with Gasteiger partial charge in [0.05, 0.1) is 28.2 Å². The quantitative estimate of drug-likeness (QED) is 0.300. The van der Waals surface area contributed by atoms with Crippen LogP contribution in [0, 0.1) is 0 Å². The van der Waals surface area contributed by atoms with Crippen molar-refractivity contribution in [1.82, 2.24) is 14.5 Å². The summed E-state index contributed by atoms with van der Waals surface area (Å²) in [5, 5.41) is 5.36. The molecule has 0 unspecified atom stereocenters. The Bertz CT molecular complexity index is 1580. The van der Waals surface area contributed by atoms with Gasteiger partial charge in [-0.3, -0.25) is 9.48 Å². The third kappa shape index (κ3) is 5.72. The monoisotopic (exact) mass is 553 g/mol. The van der Waals surface area contributed by atoms with Crippen molar-refractivity contribution in [2.75, 3.05) is 0 Å². The molecule has 4 aromatic rings. The van der Waals surface area contributed by atoms with E-state index >= 15 is 0 Å². The zero-order chi connectivity index (χ0) is 26.1. The highest BCUT2D eigenvalue weighted by molar-refractivity contribution is 7.90. The smallest absolute Gasteiger partial charge is 0.269 e. The number of carbonyl (C=O) groups is 1. The maximum Gasteiger partial charge on any atom is 0.416 e. The first-order valence-electron chi connectivity index (χ1n) is 10.3. The summed E-state index contributed by atoms with van der Waals surface area (Å²) in [6.45, 7) is 0.0240. The van der Waals surface area contributed by atoms with E-state index in [0.29, 0.717) is 21.0 Å². The van der Waals surface area contributed by atoms with Gasteiger partial charge in [-0.25, -0.2) is 13.1 Å². The minimum atomic E-state index is -4.58. The molecule has 4 rings (SSSR count). The minimum Gasteiger partial charge on any atom is -0.269 e. The molecule has 0 aliphatic carbocycles. The normalized spacial score (nSPS) is 12.4. The number of rotatable bonds is 6. The zero-order valence-corrected chi connectivity index (χ0v) is 20.5. The highest BCUT2D eigenvalue weighted by Crippen LogP contribution is 2.33. The van der Waals surface area contributed by atoms with E-state index in [1.807, 2.05) is 4.72 Å². The van der Waals surface area contributed by atoms with Crippen LogP contribution in [0.5, 0.6) is 0 Å². The van der Waals surface area contributed by atoms with Gasteiger partial charge in [-0.15, -0.1) is 0 Å². The number of sulfonamides is 1. The molecule has 1 N–H and O–H groups in total. The summed E-state index contributed by atoms with van der Waals surface area (Å²) < 4.78 is 68.0. The Morgan fingerprint density at radius 1 is 1.03 bits per heavy atom. The van der Waals surface area contributed by atoms with Crippen molar-refractivity contribution < 1.29 is 26.4 Å². The Labute approximate surface area is 214 Å². The first-order valence-corrected chi connectivity index (χ1v) is 12.5. The van der Waals surface area contributed by atoms with Crippen LogP contribution in [0.15, 0.2) is 77.7 Å². The lowest BCUT2D eigenvalue weighted by molar-refractivity contribution is -0.137. The van der Waals surface area contributed by atoms with Crippen LogP contribution in [0.2, 0.25) is 10.0 Å². The van der Waals surface area contributed by atoms with E-state index in [-0.39, 0.29) is 22.7 Å². The highest BCUT2D eigenvalue weighted by Gasteiger charge is 2.31. The lowest BCUT2D eigenvalue weighted by atomic mass is 10.1. The molecule has 1 heterocycles. The van der Waals surface area contributed by atoms with Crippen molar-refractivity contribution in [3.05, 3.63) is 99.7 Å². The SMILES string of the molecule is O=C(/C=C/c1nn(Cc2ccc(Cl)cc2Cl)c2cc(C(F)(F)F)ccc12)NS(=O)(=O)c1ccccc1. The third-order valence-corrected chi connectivity index (χ3v) is 7.07. The lowest BCUT2D eigenvalue weighted by Crippen LogP contribution is -2.28. The predicted octanol–water partition coefficient (Wildman–Crippen LogP) is 5.93. The molecule has 0 aliphatic rings. The second kappa shape index (κ2) is 9.96. The van der Waals surface area contributed by atoms with Crippen LogP contribution in [0.1, 0.15) is 16.8 Å². The number of hydrogen-bond donors (Lipinski definition) is 1. The van der Waals surface area contributed by atoms with Crippen molar-refractivity contribution in [3.63, 3.8) is 0 Å². The fourth-order valence-electron chi connectivity index (χ4n) is 3.41. The van der Waals surface area contributed by atoms with Crippen molar-refractivity contribution in [1.29, 1.82) is 0 Å². The maximum atomic E-state index is 13.4. The van der Waals surface area contributed by atoms with Crippen molar-refractivity contribution in [2.24, 2.45) is 0 Å². The van der Waals surface area contributed by atoms with Gasteiger partial charge in [0.15, 0.2) is 0 Å². The topological polar surface area (TPSA) is 81.1 Å². The summed E-state index contributed by atoms with van der Waals surface area (Å²) in [5.74, 6) is -0.950. The van der Waals surface area contributed by atoms with Gasteiger partial charge in [-0.2, -0.15) is 18.3 Å². The highest BCUT2D eigenvalue weighted by atomic mass is 35.5. The van der Waals surface area contributed by atoms with E-state index in [2.05, 4.69) is 5.10 Å². The first kappa shape index (κ1) is 25.7. The number of fused-ring (bicyclic) bond motifs is 1. The Balaban J connectivity index is 1.69. The minimum absolute atomic E-state index is 0.0240. The van der Waals surface area contributed by atoms with E-state index in [0.717, 1.165) is 18.2 Å². The van der Waals surface area contributed by atoms with Gasteiger partial charge in [0.2, 0.25) is 0 Å². The molecule has 6 nitrogen and oxygen atoms in total. The molecule has 0 atom stereocenters. The second-order valence-corrected chi connectivity index (χ2v) is 10.2. The van der Waals surface area contributed by atoms with Crippen molar-refractivity contribution in [2.45, 2.75) is 17.6 Å². The average Bonchev–Trinajstić information content (AvgIpc) is 3.16. The number of hydrogen-bond acceptors (Lipinski definition) is 4. The van der Waals surface area contributed by atoms with Crippen LogP contribution in [0.25, 0.3) is 17.0 Å². The Morgan fingerprint density at radius 3 is 2.42 bits per heavy atom. The molecule has 0 bridgehead atoms. The van der Waals surface area contributed by atoms with E-state index in [9.17, 15) is 26.4 Å². The van der Waals surface area contributed by atoms with Gasteiger partial charge in [0.25, 0.3) is 15.9 Å². The summed E-state index contributed by atoms with van der Waals surface area (Å²) in [7, 11) is -4.10. The number of halogens is 5. The van der Waals surface area contributed by atoms with E-state index in [1.54, 1.807) is 18.2 Å². The molecule has 1 amide bonds. The van der Waals surface area contributed by atoms with Gasteiger partial charge in [0, 0.05) is 21.5 Å². The number of nitrogens with zero attached hydrogens (tertiary/aromatic N) is 2. The van der Waals surface area contributed by atoms with Crippen LogP contribution in [0.4, 0.5) is 13.2 Å². The van der Waals surface area contributed by atoms with Gasteiger partial charge in [-0.1, -0.05) is 47.5 Å². The molecule has 0 fully saturated rings. The van der Waals surface area contributed by atoms with Crippen LogP contribution >= 0.6 is 23.2 Å². The third-order valence-electron chi connectivity index (χ3n) is 5.12. The molecule has 0 radical (unpaired) electrons. The van der Waals surface area contributed by atoms with Crippen molar-refractivity contribution in [3.8, 4) is 0 Å². The van der Waals surface area contributed by atoms with E-state index in [1.165, 1.54) is 47.2 Å². The maximum absolute atomic E-state index is 13.4. The molecular weight excluding hydrogens is 538 g/mol. The summed E-state index contributed by atoms with van der Waals surface area (Å²) in [6.07, 6.45) is -2.41. The standard InChI is InChI=1S/C24H16Cl2F3N3O3S/c25-17-8-6-15(20(26)13-17)14-32-22-12-16(24(27,28)29)7-9-19(22)21(30-32)10-11-23(33)31-36(34,35)18-4-2-1-3-5-18/h1-13H,14H2,(H,31,33)/b11-10+. The summed E-state index contributed by atoms with van der Waals surface area (Å²) in [5.41, 5.74) is -0.00504. The Morgan fingerprint density at radius 2 is 1.75 bits per heavy atom. The molecule has 0 aliphatic heterocycles.